The van der Waals surface area contributed by atoms with Gasteiger partial charge in [0, 0.05) is 24.8 Å². The number of anilines is 2. The van der Waals surface area contributed by atoms with Crippen LogP contribution in [0, 0.1) is 5.92 Å². The Bertz CT molecular complexity index is 768. The first-order valence-corrected chi connectivity index (χ1v) is 9.62. The molecule has 2 unspecified atom stereocenters. The number of para-hydroxylation sites is 1. The molecule has 1 aromatic heterocycles. The Morgan fingerprint density at radius 3 is 2.63 bits per heavy atom. The number of nitrogens with two attached hydrogens (primary N) is 1. The van der Waals surface area contributed by atoms with Gasteiger partial charge in [0.25, 0.3) is 5.91 Å². The Kier molecular flexibility index (Phi) is 7.65. The average molecular weight is 409 g/mol. The van der Waals surface area contributed by atoms with Crippen molar-refractivity contribution in [1.29, 1.82) is 0 Å². The van der Waals surface area contributed by atoms with E-state index >= 15 is 0 Å². The lowest BCUT2D eigenvalue weighted by atomic mass is 9.92. The average Bonchev–Trinajstić information content (AvgIpc) is 3.10. The second-order valence-corrected chi connectivity index (χ2v) is 7.71. The third-order valence-electron chi connectivity index (χ3n) is 4.60. The van der Waals surface area contributed by atoms with Gasteiger partial charge in [-0.25, -0.2) is 4.79 Å². The molecule has 1 fully saturated rings. The molecule has 0 aliphatic carbocycles. The van der Waals surface area contributed by atoms with Crippen molar-refractivity contribution in [1.82, 2.24) is 4.90 Å². The summed E-state index contributed by atoms with van der Waals surface area (Å²) >= 11 is 1.28. The zero-order valence-electron chi connectivity index (χ0n) is 15.2. The van der Waals surface area contributed by atoms with E-state index in [-0.39, 0.29) is 30.4 Å². The fourth-order valence-electron chi connectivity index (χ4n) is 3.20. The number of urea groups is 1. The summed E-state index contributed by atoms with van der Waals surface area (Å²) in [7, 11) is 0. The molecule has 4 N–H and O–H groups in total. The minimum absolute atomic E-state index is 0. The van der Waals surface area contributed by atoms with E-state index in [1.807, 2.05) is 35.2 Å². The predicted octanol–water partition coefficient (Wildman–Crippen LogP) is 4.01. The lowest BCUT2D eigenvalue weighted by Crippen LogP contribution is -2.49. The molecule has 0 radical (unpaired) electrons. The lowest BCUT2D eigenvalue weighted by Gasteiger charge is -2.37. The number of halogens is 1. The molecule has 8 heteroatoms. The maximum Gasteiger partial charge on any atom is 0.324 e. The van der Waals surface area contributed by atoms with Gasteiger partial charge in [0.05, 0.1) is 9.88 Å². The summed E-state index contributed by atoms with van der Waals surface area (Å²) in [6.07, 6.45) is 1.94. The van der Waals surface area contributed by atoms with Crippen molar-refractivity contribution in [2.45, 2.75) is 25.8 Å². The number of piperidine rings is 1. The number of hydrogen-bond donors (Lipinski definition) is 3. The molecule has 1 aromatic carbocycles. The Balaban J connectivity index is 0.00000261. The molecule has 0 spiro atoms. The van der Waals surface area contributed by atoms with E-state index in [1.54, 1.807) is 12.1 Å². The van der Waals surface area contributed by atoms with Gasteiger partial charge in [-0.05, 0) is 43.0 Å². The van der Waals surface area contributed by atoms with Crippen LogP contribution in [0.5, 0.6) is 0 Å². The molecule has 0 bridgehead atoms. The van der Waals surface area contributed by atoms with Gasteiger partial charge >= 0.3 is 6.03 Å². The molecule has 3 rings (SSSR count). The number of benzene rings is 1. The molecule has 1 aliphatic rings. The maximum atomic E-state index is 12.8. The number of nitrogens with zero attached hydrogens (tertiary/aromatic N) is 1. The van der Waals surface area contributed by atoms with Gasteiger partial charge in [0.2, 0.25) is 0 Å². The highest BCUT2D eigenvalue weighted by atomic mass is 35.5. The number of carbonyl (C=O) groups is 2. The van der Waals surface area contributed by atoms with Crippen molar-refractivity contribution in [2.24, 2.45) is 11.7 Å². The monoisotopic (exact) mass is 408 g/mol. The van der Waals surface area contributed by atoms with E-state index in [9.17, 15) is 9.59 Å². The first kappa shape index (κ1) is 21.2. The van der Waals surface area contributed by atoms with Crippen molar-refractivity contribution in [3.05, 3.63) is 47.3 Å². The van der Waals surface area contributed by atoms with Gasteiger partial charge in [0.15, 0.2) is 0 Å². The van der Waals surface area contributed by atoms with Crippen LogP contribution in [0.4, 0.5) is 15.5 Å². The number of nitrogens with one attached hydrogen (secondary N) is 2. The van der Waals surface area contributed by atoms with Crippen molar-refractivity contribution < 1.29 is 9.59 Å². The Morgan fingerprint density at radius 1 is 1.19 bits per heavy atom. The summed E-state index contributed by atoms with van der Waals surface area (Å²) in [5.74, 6) is 0.587. The van der Waals surface area contributed by atoms with E-state index in [4.69, 9.17) is 5.73 Å². The lowest BCUT2D eigenvalue weighted by molar-refractivity contribution is 0.0578. The van der Waals surface area contributed by atoms with Gasteiger partial charge in [-0.3, -0.25) is 10.1 Å². The zero-order valence-corrected chi connectivity index (χ0v) is 16.8. The largest absolute Gasteiger partial charge is 0.334 e. The second-order valence-electron chi connectivity index (χ2n) is 6.63. The molecule has 0 saturated carbocycles. The first-order chi connectivity index (χ1) is 12.6. The summed E-state index contributed by atoms with van der Waals surface area (Å²) in [5, 5.41) is 6.17. The third kappa shape index (κ3) is 5.45. The van der Waals surface area contributed by atoms with E-state index < -0.39 is 0 Å². The van der Waals surface area contributed by atoms with Crippen LogP contribution in [0.15, 0.2) is 42.5 Å². The minimum atomic E-state index is -0.330. The van der Waals surface area contributed by atoms with Crippen LogP contribution in [-0.2, 0) is 0 Å². The molecular formula is C19H25ClN4O2S. The summed E-state index contributed by atoms with van der Waals surface area (Å²) in [4.78, 5) is 27.4. The van der Waals surface area contributed by atoms with E-state index in [1.165, 1.54) is 11.3 Å². The standard InChI is InChI=1S/C19H24N4O2S.ClH/c1-13-9-10-23(15(11-13)12-20)18(24)16-7-8-17(26-16)22-19(25)21-14-5-3-2-4-6-14;/h2-8,13,15H,9-12,20H2,1H3,(H2,21,22,25);1H. The number of amides is 3. The quantitative estimate of drug-likeness (QED) is 0.714. The minimum Gasteiger partial charge on any atom is -0.334 e. The van der Waals surface area contributed by atoms with Gasteiger partial charge in [-0.2, -0.15) is 0 Å². The number of carbonyl (C=O) groups excluding carboxylic acids is 2. The van der Waals surface area contributed by atoms with Gasteiger partial charge < -0.3 is 16.0 Å². The topological polar surface area (TPSA) is 87.5 Å². The van der Waals surface area contributed by atoms with E-state index in [0.717, 1.165) is 19.4 Å². The summed E-state index contributed by atoms with van der Waals surface area (Å²) in [5.41, 5.74) is 6.57. The smallest absolute Gasteiger partial charge is 0.324 e. The van der Waals surface area contributed by atoms with Crippen LogP contribution in [0.1, 0.15) is 29.4 Å². The fraction of sp³-hybridized carbons (Fsp3) is 0.368. The van der Waals surface area contributed by atoms with Gasteiger partial charge in [-0.15, -0.1) is 23.7 Å². The number of rotatable bonds is 4. The highest BCUT2D eigenvalue weighted by molar-refractivity contribution is 7.18. The molecular weight excluding hydrogens is 384 g/mol. The van der Waals surface area contributed by atoms with Crippen molar-refractivity contribution in [2.75, 3.05) is 23.7 Å². The SMILES string of the molecule is CC1CCN(C(=O)c2ccc(NC(=O)Nc3ccccc3)s2)C(CN)C1.Cl. The number of likely N-dealkylation sites (tertiary alicyclic amines) is 1. The third-order valence-corrected chi connectivity index (χ3v) is 5.58. The first-order valence-electron chi connectivity index (χ1n) is 8.80. The summed E-state index contributed by atoms with van der Waals surface area (Å²) in [6.45, 7) is 3.41. The summed E-state index contributed by atoms with van der Waals surface area (Å²) < 4.78 is 0. The highest BCUT2D eigenvalue weighted by Crippen LogP contribution is 2.28. The number of hydrogen-bond acceptors (Lipinski definition) is 4. The fourth-order valence-corrected chi connectivity index (χ4v) is 4.06. The summed E-state index contributed by atoms with van der Waals surface area (Å²) in [6, 6.07) is 12.5. The Morgan fingerprint density at radius 2 is 1.93 bits per heavy atom. The van der Waals surface area contributed by atoms with Crippen LogP contribution in [-0.4, -0.2) is 36.0 Å². The Labute approximate surface area is 169 Å². The molecule has 2 heterocycles. The predicted molar refractivity (Wildman–Crippen MR) is 113 cm³/mol. The van der Waals surface area contributed by atoms with Crippen molar-refractivity contribution >= 4 is 46.4 Å². The molecule has 1 aliphatic heterocycles. The maximum absolute atomic E-state index is 12.8. The molecule has 1 saturated heterocycles. The Hall–Kier alpha value is -2.09. The van der Waals surface area contributed by atoms with Crippen LogP contribution in [0.3, 0.4) is 0 Å². The molecule has 2 atom stereocenters. The molecule has 6 nitrogen and oxygen atoms in total. The van der Waals surface area contributed by atoms with Gasteiger partial charge in [0.1, 0.15) is 0 Å². The van der Waals surface area contributed by atoms with Crippen molar-refractivity contribution in [3.8, 4) is 0 Å². The van der Waals surface area contributed by atoms with Crippen LogP contribution >= 0.6 is 23.7 Å². The van der Waals surface area contributed by atoms with Crippen molar-refractivity contribution in [3.63, 3.8) is 0 Å². The molecule has 146 valence electrons. The van der Waals surface area contributed by atoms with E-state index in [2.05, 4.69) is 17.6 Å². The zero-order chi connectivity index (χ0) is 18.5. The van der Waals surface area contributed by atoms with Crippen LogP contribution in [0.25, 0.3) is 0 Å². The van der Waals surface area contributed by atoms with Crippen LogP contribution in [0.2, 0.25) is 0 Å². The molecule has 3 amide bonds. The highest BCUT2D eigenvalue weighted by Gasteiger charge is 2.30. The van der Waals surface area contributed by atoms with Crippen LogP contribution < -0.4 is 16.4 Å². The molecule has 2 aromatic rings. The normalized spacial score (nSPS) is 19.1. The molecule has 27 heavy (non-hydrogen) atoms. The van der Waals surface area contributed by atoms with Gasteiger partial charge in [-0.1, -0.05) is 25.1 Å². The number of thiophene rings is 1. The second kappa shape index (κ2) is 9.73. The van der Waals surface area contributed by atoms with E-state index in [0.29, 0.717) is 28.0 Å².